The molecule has 2 N–H and O–H groups in total. The molecule has 2 aliphatic rings. The topological polar surface area (TPSA) is 85.9 Å². The first kappa shape index (κ1) is 22.7. The lowest BCUT2D eigenvalue weighted by molar-refractivity contribution is -0.151. The number of hydrogen-bond acceptors (Lipinski definition) is 7. The minimum absolute atomic E-state index is 0.102. The Morgan fingerprint density at radius 2 is 1.79 bits per heavy atom. The Balaban J connectivity index is 1.93. The normalized spacial score (nSPS) is 21.9. The van der Waals surface area contributed by atoms with Crippen molar-refractivity contribution in [3.8, 4) is 11.5 Å². The molecular formula is C26H30N2O5. The number of nitrogens with one attached hydrogen (secondary N) is 2. The highest BCUT2D eigenvalue weighted by atomic mass is 16.5. The molecule has 0 spiro atoms. The van der Waals surface area contributed by atoms with Crippen LogP contribution in [0.2, 0.25) is 0 Å². The van der Waals surface area contributed by atoms with E-state index in [2.05, 4.69) is 10.6 Å². The smallest absolute Gasteiger partial charge is 0.316 e. The van der Waals surface area contributed by atoms with Gasteiger partial charge in [0.25, 0.3) is 0 Å². The van der Waals surface area contributed by atoms with Gasteiger partial charge in [0.1, 0.15) is 5.92 Å². The highest BCUT2D eigenvalue weighted by Gasteiger charge is 2.45. The maximum Gasteiger partial charge on any atom is 0.316 e. The molecule has 2 aromatic rings. The molecule has 1 heterocycles. The summed E-state index contributed by atoms with van der Waals surface area (Å²) in [6.07, 6.45) is 0.437. The number of carbonyl (C=O) groups is 2. The Bertz CT molecular complexity index is 1110. The van der Waals surface area contributed by atoms with Crippen molar-refractivity contribution in [2.45, 2.75) is 39.3 Å². The SMILES string of the molecule is COC(=O)C1C(=O)C2=C(CC1C)Nc1ccccc1NC2c1cccc(OC)c1OC(C)C. The molecule has 1 aliphatic carbocycles. The van der Waals surface area contributed by atoms with Crippen LogP contribution in [-0.4, -0.2) is 32.1 Å². The van der Waals surface area contributed by atoms with Gasteiger partial charge in [-0.25, -0.2) is 0 Å². The van der Waals surface area contributed by atoms with Crippen LogP contribution in [0.5, 0.6) is 11.5 Å². The Labute approximate surface area is 194 Å². The van der Waals surface area contributed by atoms with Crippen molar-refractivity contribution in [2.75, 3.05) is 24.9 Å². The molecule has 0 saturated heterocycles. The van der Waals surface area contributed by atoms with Crippen molar-refractivity contribution in [3.05, 3.63) is 59.3 Å². The summed E-state index contributed by atoms with van der Waals surface area (Å²) < 4.78 is 16.8. The van der Waals surface area contributed by atoms with E-state index in [1.54, 1.807) is 7.11 Å². The van der Waals surface area contributed by atoms with Crippen LogP contribution < -0.4 is 20.1 Å². The van der Waals surface area contributed by atoms with Gasteiger partial charge >= 0.3 is 5.97 Å². The first-order valence-electron chi connectivity index (χ1n) is 11.2. The van der Waals surface area contributed by atoms with Crippen LogP contribution in [0, 0.1) is 11.8 Å². The lowest BCUT2D eigenvalue weighted by Gasteiger charge is -2.33. The fourth-order valence-corrected chi connectivity index (χ4v) is 4.65. The first-order valence-corrected chi connectivity index (χ1v) is 11.2. The van der Waals surface area contributed by atoms with Gasteiger partial charge in [-0.15, -0.1) is 0 Å². The van der Waals surface area contributed by atoms with Crippen molar-refractivity contribution in [3.63, 3.8) is 0 Å². The maximum absolute atomic E-state index is 13.8. The Morgan fingerprint density at radius 3 is 2.45 bits per heavy atom. The maximum atomic E-state index is 13.8. The zero-order valence-electron chi connectivity index (χ0n) is 19.6. The molecule has 3 unspecified atom stereocenters. The molecular weight excluding hydrogens is 420 g/mol. The molecule has 2 aromatic carbocycles. The van der Waals surface area contributed by atoms with Gasteiger partial charge < -0.3 is 24.8 Å². The molecule has 0 aromatic heterocycles. The van der Waals surface area contributed by atoms with Gasteiger partial charge in [-0.2, -0.15) is 0 Å². The predicted octanol–water partition coefficient (Wildman–Crippen LogP) is 4.71. The molecule has 7 nitrogen and oxygen atoms in total. The van der Waals surface area contributed by atoms with Gasteiger partial charge in [-0.1, -0.05) is 31.2 Å². The van der Waals surface area contributed by atoms with Crippen LogP contribution >= 0.6 is 0 Å². The molecule has 174 valence electrons. The number of rotatable bonds is 5. The fourth-order valence-electron chi connectivity index (χ4n) is 4.65. The number of hydrogen-bond donors (Lipinski definition) is 2. The minimum Gasteiger partial charge on any atom is -0.493 e. The summed E-state index contributed by atoms with van der Waals surface area (Å²) in [6, 6.07) is 12.9. The Hall–Kier alpha value is -3.48. The van der Waals surface area contributed by atoms with Crippen molar-refractivity contribution in [2.24, 2.45) is 11.8 Å². The lowest BCUT2D eigenvalue weighted by Crippen LogP contribution is -2.39. The standard InChI is InChI=1S/C26H30N2O5/c1-14(2)33-25-16(9-8-12-20(25)31-4)23-22-19(27-17-10-6-7-11-18(17)28-23)13-15(3)21(24(22)29)26(30)32-5/h6-12,14-15,21,23,27-28H,13H2,1-5H3. The van der Waals surface area contributed by atoms with E-state index in [1.807, 2.05) is 63.2 Å². The van der Waals surface area contributed by atoms with Gasteiger partial charge in [0.05, 0.1) is 37.7 Å². The number of esters is 1. The van der Waals surface area contributed by atoms with Gasteiger partial charge in [0, 0.05) is 16.8 Å². The predicted molar refractivity (Wildman–Crippen MR) is 127 cm³/mol. The third-order valence-electron chi connectivity index (χ3n) is 6.12. The Kier molecular flexibility index (Phi) is 6.31. The summed E-state index contributed by atoms with van der Waals surface area (Å²) in [5.74, 6) is -0.660. The van der Waals surface area contributed by atoms with E-state index in [-0.39, 0.29) is 17.8 Å². The monoisotopic (exact) mass is 450 g/mol. The number of ether oxygens (including phenoxy) is 3. The second-order valence-corrected chi connectivity index (χ2v) is 8.73. The average molecular weight is 451 g/mol. The highest BCUT2D eigenvalue weighted by molar-refractivity contribution is 6.11. The van der Waals surface area contributed by atoms with Crippen molar-refractivity contribution in [1.82, 2.24) is 0 Å². The lowest BCUT2D eigenvalue weighted by atomic mass is 9.74. The van der Waals surface area contributed by atoms with E-state index >= 15 is 0 Å². The van der Waals surface area contributed by atoms with Gasteiger partial charge in [-0.3, -0.25) is 9.59 Å². The number of carbonyl (C=O) groups excluding carboxylic acids is 2. The summed E-state index contributed by atoms with van der Waals surface area (Å²) in [4.78, 5) is 26.4. The van der Waals surface area contributed by atoms with E-state index in [0.717, 1.165) is 22.6 Å². The van der Waals surface area contributed by atoms with Crippen LogP contribution in [0.1, 0.15) is 38.8 Å². The third kappa shape index (κ3) is 4.15. The molecule has 0 amide bonds. The molecule has 4 rings (SSSR count). The largest absolute Gasteiger partial charge is 0.493 e. The molecule has 0 fully saturated rings. The number of methoxy groups -OCH3 is 2. The molecule has 1 aliphatic heterocycles. The second-order valence-electron chi connectivity index (χ2n) is 8.73. The fraction of sp³-hybridized carbons (Fsp3) is 0.385. The number of ketones is 1. The van der Waals surface area contributed by atoms with Crippen LogP contribution in [0.25, 0.3) is 0 Å². The summed E-state index contributed by atoms with van der Waals surface area (Å²) in [7, 11) is 2.91. The molecule has 0 radical (unpaired) electrons. The van der Waals surface area contributed by atoms with E-state index in [4.69, 9.17) is 14.2 Å². The molecule has 0 bridgehead atoms. The zero-order chi connectivity index (χ0) is 23.7. The van der Waals surface area contributed by atoms with Crippen molar-refractivity contribution >= 4 is 23.1 Å². The molecule has 0 saturated carbocycles. The van der Waals surface area contributed by atoms with Crippen LogP contribution in [-0.2, 0) is 14.3 Å². The van der Waals surface area contributed by atoms with Gasteiger partial charge in [-0.05, 0) is 44.4 Å². The molecule has 33 heavy (non-hydrogen) atoms. The minimum atomic E-state index is -0.860. The quantitative estimate of drug-likeness (QED) is 0.504. The van der Waals surface area contributed by atoms with Crippen molar-refractivity contribution < 1.29 is 23.8 Å². The number of para-hydroxylation sites is 3. The van der Waals surface area contributed by atoms with Gasteiger partial charge in [0.2, 0.25) is 0 Å². The summed E-state index contributed by atoms with van der Waals surface area (Å²) >= 11 is 0. The van der Waals surface area contributed by atoms with E-state index in [1.165, 1.54) is 7.11 Å². The molecule has 3 atom stereocenters. The van der Waals surface area contributed by atoms with E-state index in [0.29, 0.717) is 23.5 Å². The average Bonchev–Trinajstić information content (AvgIpc) is 2.95. The first-order chi connectivity index (χ1) is 15.8. The second kappa shape index (κ2) is 9.17. The number of Topliss-reactive ketones (excluding diaryl/α,β-unsaturated/α-hetero) is 1. The van der Waals surface area contributed by atoms with E-state index in [9.17, 15) is 9.59 Å². The van der Waals surface area contributed by atoms with Crippen LogP contribution in [0.3, 0.4) is 0 Å². The number of anilines is 2. The number of allylic oxidation sites excluding steroid dienone is 1. The van der Waals surface area contributed by atoms with Crippen LogP contribution in [0.15, 0.2) is 53.7 Å². The Morgan fingerprint density at radius 1 is 1.06 bits per heavy atom. The summed E-state index contributed by atoms with van der Waals surface area (Å²) in [6.45, 7) is 5.79. The van der Waals surface area contributed by atoms with Crippen molar-refractivity contribution in [1.29, 1.82) is 0 Å². The molecule has 7 heteroatoms. The zero-order valence-corrected chi connectivity index (χ0v) is 19.6. The summed E-state index contributed by atoms with van der Waals surface area (Å²) in [5, 5.41) is 6.99. The highest BCUT2D eigenvalue weighted by Crippen LogP contribution is 2.47. The number of fused-ring (bicyclic) bond motifs is 1. The van der Waals surface area contributed by atoms with E-state index < -0.39 is 17.9 Å². The number of benzene rings is 2. The van der Waals surface area contributed by atoms with Crippen LogP contribution in [0.4, 0.5) is 11.4 Å². The third-order valence-corrected chi connectivity index (χ3v) is 6.12. The summed E-state index contributed by atoms with van der Waals surface area (Å²) in [5.41, 5.74) is 3.80. The van der Waals surface area contributed by atoms with Gasteiger partial charge in [0.15, 0.2) is 17.3 Å².